The van der Waals surface area contributed by atoms with Crippen molar-refractivity contribution in [2.24, 2.45) is 11.1 Å². The average Bonchev–Trinajstić information content (AvgIpc) is 2.40. The molecule has 0 aliphatic heterocycles. The van der Waals surface area contributed by atoms with E-state index in [1.54, 1.807) is 30.1 Å². The monoisotopic (exact) mass is 298 g/mol. The number of carbonyl (C=O) groups excluding carboxylic acids is 1. The summed E-state index contributed by atoms with van der Waals surface area (Å²) < 4.78 is 13.4. The number of hydrogen-bond donors (Lipinski definition) is 1. The molecule has 112 valence electrons. The topological polar surface area (TPSA) is 46.3 Å². The summed E-state index contributed by atoms with van der Waals surface area (Å²) in [5, 5.41) is 0. The summed E-state index contributed by atoms with van der Waals surface area (Å²) in [6.45, 7) is 5.23. The first kappa shape index (κ1) is 17.0. The van der Waals surface area contributed by atoms with Crippen molar-refractivity contribution in [1.82, 2.24) is 4.90 Å². The fourth-order valence-electron chi connectivity index (χ4n) is 1.80. The van der Waals surface area contributed by atoms with E-state index in [1.807, 2.05) is 13.8 Å². The molecule has 0 bridgehead atoms. The van der Waals surface area contributed by atoms with Crippen LogP contribution in [0.25, 0.3) is 0 Å². The smallest absolute Gasteiger partial charge is 0.223 e. The molecule has 0 spiro atoms. The Morgan fingerprint density at radius 2 is 2.05 bits per heavy atom. The second-order valence-corrected chi connectivity index (χ2v) is 6.78. The molecule has 0 radical (unpaired) electrons. The van der Waals surface area contributed by atoms with E-state index in [0.717, 1.165) is 0 Å². The number of nitrogens with zero attached hydrogens (tertiary/aromatic N) is 1. The highest BCUT2D eigenvalue weighted by Gasteiger charge is 2.20. The van der Waals surface area contributed by atoms with Gasteiger partial charge >= 0.3 is 0 Å². The second kappa shape index (κ2) is 7.64. The van der Waals surface area contributed by atoms with Crippen LogP contribution in [0.5, 0.6) is 0 Å². The fraction of sp³-hybridized carbons (Fsp3) is 0.533. The number of nitrogens with two attached hydrogens (primary N) is 1. The van der Waals surface area contributed by atoms with Gasteiger partial charge in [-0.15, -0.1) is 11.8 Å². The van der Waals surface area contributed by atoms with Gasteiger partial charge in [0.1, 0.15) is 5.82 Å². The van der Waals surface area contributed by atoms with E-state index >= 15 is 0 Å². The van der Waals surface area contributed by atoms with E-state index in [4.69, 9.17) is 5.73 Å². The molecule has 0 saturated heterocycles. The maximum Gasteiger partial charge on any atom is 0.223 e. The Kier molecular flexibility index (Phi) is 6.49. The van der Waals surface area contributed by atoms with Crippen molar-refractivity contribution >= 4 is 17.7 Å². The highest BCUT2D eigenvalue weighted by molar-refractivity contribution is 7.99. The minimum Gasteiger partial charge on any atom is -0.345 e. The molecule has 0 aliphatic carbocycles. The van der Waals surface area contributed by atoms with Gasteiger partial charge in [0.05, 0.1) is 0 Å². The number of amides is 1. The van der Waals surface area contributed by atoms with Crippen molar-refractivity contribution in [1.29, 1.82) is 0 Å². The van der Waals surface area contributed by atoms with Crippen LogP contribution in [-0.4, -0.2) is 36.7 Å². The summed E-state index contributed by atoms with van der Waals surface area (Å²) in [5.74, 6) is 0.408. The zero-order chi connectivity index (χ0) is 15.2. The van der Waals surface area contributed by atoms with Crippen LogP contribution in [0.3, 0.4) is 0 Å². The molecule has 20 heavy (non-hydrogen) atoms. The molecule has 0 atom stereocenters. The molecular weight excluding hydrogens is 275 g/mol. The van der Waals surface area contributed by atoms with Gasteiger partial charge in [-0.1, -0.05) is 26.0 Å². The first-order chi connectivity index (χ1) is 9.35. The Morgan fingerprint density at radius 3 is 2.65 bits per heavy atom. The molecule has 5 heteroatoms. The summed E-state index contributed by atoms with van der Waals surface area (Å²) in [6.07, 6.45) is 0.399. The number of rotatable bonds is 7. The molecule has 0 aromatic heterocycles. The Morgan fingerprint density at radius 1 is 1.40 bits per heavy atom. The Labute approximate surface area is 124 Å². The highest BCUT2D eigenvalue weighted by atomic mass is 32.2. The van der Waals surface area contributed by atoms with Crippen LogP contribution >= 0.6 is 11.8 Å². The zero-order valence-electron chi connectivity index (χ0n) is 12.4. The molecule has 3 nitrogen and oxygen atoms in total. The van der Waals surface area contributed by atoms with Crippen LogP contribution in [-0.2, 0) is 4.79 Å². The lowest BCUT2D eigenvalue weighted by Crippen LogP contribution is -2.39. The van der Waals surface area contributed by atoms with Gasteiger partial charge in [-0.05, 0) is 24.1 Å². The van der Waals surface area contributed by atoms with E-state index in [1.165, 1.54) is 17.8 Å². The minimum atomic E-state index is -0.234. The van der Waals surface area contributed by atoms with Gasteiger partial charge in [0.2, 0.25) is 5.91 Å². The van der Waals surface area contributed by atoms with Crippen molar-refractivity contribution in [2.75, 3.05) is 25.9 Å². The van der Waals surface area contributed by atoms with Gasteiger partial charge in [0.15, 0.2) is 0 Å². The SMILES string of the molecule is CN(CC(C)(C)CN)C(=O)CCSc1ccccc1F. The summed E-state index contributed by atoms with van der Waals surface area (Å²) >= 11 is 1.37. The van der Waals surface area contributed by atoms with Crippen molar-refractivity contribution in [2.45, 2.75) is 25.2 Å². The number of thioether (sulfide) groups is 1. The molecule has 2 N–H and O–H groups in total. The summed E-state index contributed by atoms with van der Waals surface area (Å²) in [6, 6.07) is 6.61. The first-order valence-electron chi connectivity index (χ1n) is 6.67. The Bertz CT molecular complexity index is 451. The zero-order valence-corrected chi connectivity index (χ0v) is 13.2. The third-order valence-corrected chi connectivity index (χ3v) is 4.10. The molecule has 1 amide bonds. The van der Waals surface area contributed by atoms with Gasteiger partial charge in [-0.3, -0.25) is 4.79 Å². The summed E-state index contributed by atoms with van der Waals surface area (Å²) in [4.78, 5) is 14.3. The average molecular weight is 298 g/mol. The predicted octanol–water partition coefficient (Wildman–Crippen LogP) is 2.75. The lowest BCUT2D eigenvalue weighted by atomic mass is 9.93. The van der Waals surface area contributed by atoms with E-state index in [0.29, 0.717) is 30.2 Å². The molecule has 1 rings (SSSR count). The molecule has 0 aliphatic rings. The van der Waals surface area contributed by atoms with Crippen LogP contribution in [0.2, 0.25) is 0 Å². The number of benzene rings is 1. The van der Waals surface area contributed by atoms with Crippen molar-refractivity contribution in [3.63, 3.8) is 0 Å². The van der Waals surface area contributed by atoms with Crippen LogP contribution in [0.4, 0.5) is 4.39 Å². The van der Waals surface area contributed by atoms with E-state index in [2.05, 4.69) is 0 Å². The van der Waals surface area contributed by atoms with Gasteiger partial charge in [0, 0.05) is 30.7 Å². The number of halogens is 1. The second-order valence-electron chi connectivity index (χ2n) is 5.65. The normalized spacial score (nSPS) is 11.4. The first-order valence-corrected chi connectivity index (χ1v) is 7.65. The lowest BCUT2D eigenvalue weighted by molar-refractivity contribution is -0.130. The number of carbonyl (C=O) groups is 1. The van der Waals surface area contributed by atoms with E-state index in [-0.39, 0.29) is 17.1 Å². The molecule has 0 unspecified atom stereocenters. The van der Waals surface area contributed by atoms with Crippen molar-refractivity contribution in [3.8, 4) is 0 Å². The maximum atomic E-state index is 13.4. The highest BCUT2D eigenvalue weighted by Crippen LogP contribution is 2.22. The summed E-state index contributed by atoms with van der Waals surface area (Å²) in [5.41, 5.74) is 5.58. The largest absolute Gasteiger partial charge is 0.345 e. The molecule has 1 aromatic carbocycles. The van der Waals surface area contributed by atoms with E-state index < -0.39 is 0 Å². The summed E-state index contributed by atoms with van der Waals surface area (Å²) in [7, 11) is 1.79. The molecule has 1 aromatic rings. The van der Waals surface area contributed by atoms with Gasteiger partial charge in [-0.2, -0.15) is 0 Å². The lowest BCUT2D eigenvalue weighted by Gasteiger charge is -2.29. The van der Waals surface area contributed by atoms with Gasteiger partial charge in [-0.25, -0.2) is 4.39 Å². The van der Waals surface area contributed by atoms with Crippen LogP contribution in [0, 0.1) is 11.2 Å². The number of hydrogen-bond acceptors (Lipinski definition) is 3. The standard InChI is InChI=1S/C15H23FN2OS/c1-15(2,10-17)11-18(3)14(19)8-9-20-13-7-5-4-6-12(13)16/h4-7H,8-11,17H2,1-3H3. The fourth-order valence-corrected chi connectivity index (χ4v) is 2.67. The Balaban J connectivity index is 2.38. The van der Waals surface area contributed by atoms with Crippen LogP contribution in [0.1, 0.15) is 20.3 Å². The molecule has 0 fully saturated rings. The van der Waals surface area contributed by atoms with Crippen LogP contribution < -0.4 is 5.73 Å². The van der Waals surface area contributed by atoms with Crippen molar-refractivity contribution < 1.29 is 9.18 Å². The maximum absolute atomic E-state index is 13.4. The third kappa shape index (κ3) is 5.51. The van der Waals surface area contributed by atoms with Crippen molar-refractivity contribution in [3.05, 3.63) is 30.1 Å². The Hall–Kier alpha value is -1.07. The molecule has 0 heterocycles. The minimum absolute atomic E-state index is 0.0652. The quantitative estimate of drug-likeness (QED) is 0.787. The van der Waals surface area contributed by atoms with E-state index in [9.17, 15) is 9.18 Å². The molecular formula is C15H23FN2OS. The third-order valence-electron chi connectivity index (χ3n) is 3.05. The van der Waals surface area contributed by atoms with Crippen LogP contribution in [0.15, 0.2) is 29.2 Å². The van der Waals surface area contributed by atoms with Gasteiger partial charge < -0.3 is 10.6 Å². The van der Waals surface area contributed by atoms with Gasteiger partial charge in [0.25, 0.3) is 0 Å². The predicted molar refractivity (Wildman–Crippen MR) is 82.2 cm³/mol. The molecule has 0 saturated carbocycles.